The fraction of sp³-hybridized carbons (Fsp3) is 0. The first-order valence-corrected chi connectivity index (χ1v) is 8.19. The van der Waals surface area contributed by atoms with E-state index in [1.165, 1.54) is 6.20 Å². The normalized spacial score (nSPS) is 10.3. The maximum absolute atomic E-state index is 5.88. The molecule has 0 saturated carbocycles. The largest absolute Gasteiger partial charge is 0.436 e. The van der Waals surface area contributed by atoms with E-state index in [0.29, 0.717) is 17.2 Å². The zero-order valence-electron chi connectivity index (χ0n) is 11.7. The lowest BCUT2D eigenvalue weighted by Crippen LogP contribution is -2.00. The molecule has 3 rings (SSSR count). The lowest BCUT2D eigenvalue weighted by atomic mass is 10.3. The summed E-state index contributed by atoms with van der Waals surface area (Å²) in [6.07, 6.45) is 1.45. The molecule has 0 atom stereocenters. The average Bonchev–Trinajstić information content (AvgIpc) is 2.55. The molecule has 0 fully saturated rings. The van der Waals surface area contributed by atoms with Crippen LogP contribution in [0.1, 0.15) is 0 Å². The van der Waals surface area contributed by atoms with Crippen LogP contribution in [0.15, 0.2) is 63.7 Å². The van der Waals surface area contributed by atoms with Crippen molar-refractivity contribution in [1.82, 2.24) is 9.97 Å². The maximum Gasteiger partial charge on any atom is 0.325 e. The van der Waals surface area contributed by atoms with Crippen molar-refractivity contribution in [3.05, 3.63) is 63.7 Å². The SMILES string of the molecule is Nc1cnc(Oc2ccccc2Br)nc1Oc1ccccc1Br. The number of benzene rings is 2. The zero-order chi connectivity index (χ0) is 16.2. The predicted molar refractivity (Wildman–Crippen MR) is 94.9 cm³/mol. The van der Waals surface area contributed by atoms with E-state index in [2.05, 4.69) is 41.8 Å². The van der Waals surface area contributed by atoms with Gasteiger partial charge < -0.3 is 15.2 Å². The van der Waals surface area contributed by atoms with Crippen LogP contribution < -0.4 is 15.2 Å². The van der Waals surface area contributed by atoms with Gasteiger partial charge in [0.25, 0.3) is 0 Å². The third-order valence-corrected chi connectivity index (χ3v) is 4.15. The van der Waals surface area contributed by atoms with E-state index in [9.17, 15) is 0 Å². The van der Waals surface area contributed by atoms with Crippen molar-refractivity contribution in [2.75, 3.05) is 5.73 Å². The molecule has 0 saturated heterocycles. The first-order chi connectivity index (χ1) is 11.1. The summed E-state index contributed by atoms with van der Waals surface area (Å²) >= 11 is 6.82. The van der Waals surface area contributed by atoms with Crippen LogP contribution in [0.2, 0.25) is 0 Å². The number of hydrogen-bond donors (Lipinski definition) is 1. The molecule has 7 heteroatoms. The molecular formula is C16H11Br2N3O2. The minimum Gasteiger partial charge on any atom is -0.436 e. The number of nitrogens with zero attached hydrogens (tertiary/aromatic N) is 2. The van der Waals surface area contributed by atoms with Crippen LogP contribution in [0, 0.1) is 0 Å². The van der Waals surface area contributed by atoms with Crippen LogP contribution in [0.3, 0.4) is 0 Å². The van der Waals surface area contributed by atoms with Crippen LogP contribution in [0.4, 0.5) is 5.69 Å². The summed E-state index contributed by atoms with van der Waals surface area (Å²) in [6, 6.07) is 15.0. The Morgan fingerprint density at radius 1 is 0.826 bits per heavy atom. The highest BCUT2D eigenvalue weighted by atomic mass is 79.9. The second-order valence-corrected chi connectivity index (χ2v) is 6.19. The van der Waals surface area contributed by atoms with Crippen molar-refractivity contribution in [3.63, 3.8) is 0 Å². The fourth-order valence-electron chi connectivity index (χ4n) is 1.75. The number of aromatic nitrogens is 2. The monoisotopic (exact) mass is 435 g/mol. The Bertz CT molecular complexity index is 843. The van der Waals surface area contributed by atoms with Gasteiger partial charge in [-0.15, -0.1) is 0 Å². The van der Waals surface area contributed by atoms with Crippen LogP contribution in [-0.4, -0.2) is 9.97 Å². The van der Waals surface area contributed by atoms with E-state index in [4.69, 9.17) is 15.2 Å². The van der Waals surface area contributed by atoms with Gasteiger partial charge in [-0.05, 0) is 56.1 Å². The first-order valence-electron chi connectivity index (χ1n) is 6.61. The van der Waals surface area contributed by atoms with Gasteiger partial charge in [0, 0.05) is 0 Å². The molecule has 2 N–H and O–H groups in total. The number of ether oxygens (including phenoxy) is 2. The number of rotatable bonds is 4. The molecule has 1 heterocycles. The van der Waals surface area contributed by atoms with Crippen molar-refractivity contribution in [3.8, 4) is 23.4 Å². The quantitative estimate of drug-likeness (QED) is 0.610. The van der Waals surface area contributed by atoms with Gasteiger partial charge in [0.2, 0.25) is 5.88 Å². The minimum atomic E-state index is 0.146. The van der Waals surface area contributed by atoms with Crippen molar-refractivity contribution < 1.29 is 9.47 Å². The van der Waals surface area contributed by atoms with E-state index in [1.807, 2.05) is 36.4 Å². The third kappa shape index (κ3) is 3.80. The molecule has 3 aromatic rings. The lowest BCUT2D eigenvalue weighted by molar-refractivity contribution is 0.411. The van der Waals surface area contributed by atoms with E-state index in [0.717, 1.165) is 8.95 Å². The smallest absolute Gasteiger partial charge is 0.325 e. The van der Waals surface area contributed by atoms with Gasteiger partial charge in [-0.3, -0.25) is 0 Å². The van der Waals surface area contributed by atoms with Crippen molar-refractivity contribution >= 4 is 37.5 Å². The molecule has 0 amide bonds. The van der Waals surface area contributed by atoms with Gasteiger partial charge in [0.1, 0.15) is 17.2 Å². The predicted octanol–water partition coefficient (Wildman–Crippen LogP) is 5.17. The number of halogens is 2. The molecule has 0 spiro atoms. The van der Waals surface area contributed by atoms with Crippen molar-refractivity contribution in [2.45, 2.75) is 0 Å². The highest BCUT2D eigenvalue weighted by Crippen LogP contribution is 2.33. The topological polar surface area (TPSA) is 70.3 Å². The number of nitrogens with two attached hydrogens (primary N) is 1. The average molecular weight is 437 g/mol. The minimum absolute atomic E-state index is 0.146. The Kier molecular flexibility index (Phi) is 4.78. The van der Waals surface area contributed by atoms with Crippen molar-refractivity contribution in [2.24, 2.45) is 0 Å². The Labute approximate surface area is 149 Å². The van der Waals surface area contributed by atoms with Crippen LogP contribution in [0.5, 0.6) is 23.4 Å². The van der Waals surface area contributed by atoms with Crippen LogP contribution in [-0.2, 0) is 0 Å². The summed E-state index contributed by atoms with van der Waals surface area (Å²) in [6.45, 7) is 0. The molecule has 0 aliphatic heterocycles. The molecule has 0 radical (unpaired) electrons. The Hall–Kier alpha value is -2.12. The second kappa shape index (κ2) is 6.97. The number of anilines is 1. The summed E-state index contributed by atoms with van der Waals surface area (Å²) < 4.78 is 13.0. The summed E-state index contributed by atoms with van der Waals surface area (Å²) in [5.74, 6) is 1.43. The third-order valence-electron chi connectivity index (χ3n) is 2.84. The molecule has 1 aromatic heterocycles. The molecule has 5 nitrogen and oxygen atoms in total. The summed E-state index contributed by atoms with van der Waals surface area (Å²) in [5.41, 5.74) is 6.20. The van der Waals surface area contributed by atoms with Gasteiger partial charge in [-0.25, -0.2) is 4.98 Å². The number of nitrogen functional groups attached to an aromatic ring is 1. The molecule has 0 bridgehead atoms. The summed E-state index contributed by atoms with van der Waals surface area (Å²) in [4.78, 5) is 8.29. The van der Waals surface area contributed by atoms with Crippen LogP contribution >= 0.6 is 31.9 Å². The van der Waals surface area contributed by atoms with E-state index in [1.54, 1.807) is 12.1 Å². The number of hydrogen-bond acceptors (Lipinski definition) is 5. The molecule has 2 aromatic carbocycles. The van der Waals surface area contributed by atoms with Crippen molar-refractivity contribution in [1.29, 1.82) is 0 Å². The standard InChI is InChI=1S/C16H11Br2N3O2/c17-10-5-1-3-7-13(10)22-15-12(19)9-20-16(21-15)23-14-8-4-2-6-11(14)18/h1-9H,19H2. The molecular weight excluding hydrogens is 426 g/mol. The second-order valence-electron chi connectivity index (χ2n) is 4.48. The van der Waals surface area contributed by atoms with Crippen LogP contribution in [0.25, 0.3) is 0 Å². The summed E-state index contributed by atoms with van der Waals surface area (Å²) in [7, 11) is 0. The zero-order valence-corrected chi connectivity index (χ0v) is 14.9. The van der Waals surface area contributed by atoms with E-state index in [-0.39, 0.29) is 11.9 Å². The lowest BCUT2D eigenvalue weighted by Gasteiger charge is -2.10. The first kappa shape index (κ1) is 15.8. The molecule has 0 aliphatic rings. The van der Waals surface area contributed by atoms with E-state index >= 15 is 0 Å². The number of para-hydroxylation sites is 2. The Morgan fingerprint density at radius 3 is 2.00 bits per heavy atom. The Morgan fingerprint density at radius 2 is 1.39 bits per heavy atom. The molecule has 23 heavy (non-hydrogen) atoms. The van der Waals surface area contributed by atoms with Gasteiger partial charge >= 0.3 is 6.01 Å². The molecule has 0 unspecified atom stereocenters. The maximum atomic E-state index is 5.88. The highest BCUT2D eigenvalue weighted by Gasteiger charge is 2.11. The van der Waals surface area contributed by atoms with Gasteiger partial charge in [-0.1, -0.05) is 24.3 Å². The van der Waals surface area contributed by atoms with Gasteiger partial charge in [-0.2, -0.15) is 4.98 Å². The fourth-order valence-corrected chi connectivity index (χ4v) is 2.48. The molecule has 116 valence electrons. The van der Waals surface area contributed by atoms with E-state index < -0.39 is 0 Å². The molecule has 0 aliphatic carbocycles. The van der Waals surface area contributed by atoms with Gasteiger partial charge in [0.05, 0.1) is 15.1 Å². The van der Waals surface area contributed by atoms with Gasteiger partial charge in [0.15, 0.2) is 0 Å². The Balaban J connectivity index is 1.88. The highest BCUT2D eigenvalue weighted by molar-refractivity contribution is 9.10. The summed E-state index contributed by atoms with van der Waals surface area (Å²) in [5, 5.41) is 0.